The van der Waals surface area contributed by atoms with Crippen molar-refractivity contribution in [3.63, 3.8) is 0 Å². The van der Waals surface area contributed by atoms with Crippen molar-refractivity contribution in [3.05, 3.63) is 12.2 Å². The molecule has 0 amide bonds. The Hall–Kier alpha value is -1.00. The van der Waals surface area contributed by atoms with E-state index < -0.39 is 24.1 Å². The Morgan fingerprint density at radius 3 is 2.36 bits per heavy atom. The second-order valence-corrected chi connectivity index (χ2v) is 1.81. The van der Waals surface area contributed by atoms with Crippen LogP contribution in [0.5, 0.6) is 0 Å². The fourth-order valence-electron chi connectivity index (χ4n) is 0.353. The molecule has 0 saturated heterocycles. The highest BCUT2D eigenvalue weighted by atomic mass is 19.3. The van der Waals surface area contributed by atoms with Gasteiger partial charge in [0.25, 0.3) is 0 Å². The molecule has 0 N–H and O–H groups in total. The summed E-state index contributed by atoms with van der Waals surface area (Å²) >= 11 is 0. The zero-order valence-electron chi connectivity index (χ0n) is 5.86. The number of hydrogen-bond donors (Lipinski definition) is 0. The molecule has 0 aliphatic carbocycles. The molecule has 5 heteroatoms. The van der Waals surface area contributed by atoms with Gasteiger partial charge in [0.15, 0.2) is 6.67 Å². The third kappa shape index (κ3) is 2.25. The fraction of sp³-hybridized carbons (Fsp3) is 0.500. The molecule has 0 spiro atoms. The molecule has 0 saturated carbocycles. The molecule has 0 radical (unpaired) electrons. The van der Waals surface area contributed by atoms with Crippen LogP contribution in [0.1, 0.15) is 0 Å². The van der Waals surface area contributed by atoms with Crippen LogP contribution >= 0.6 is 0 Å². The molecule has 0 aliphatic rings. The van der Waals surface area contributed by atoms with Crippen LogP contribution in [-0.2, 0) is 9.53 Å². The summed E-state index contributed by atoms with van der Waals surface area (Å²) in [5.74, 6) is -5.11. The predicted octanol–water partition coefficient (Wildman–Crippen LogP) is 1.32. The summed E-state index contributed by atoms with van der Waals surface area (Å²) in [6.07, 6.45) is 0. The van der Waals surface area contributed by atoms with Crippen molar-refractivity contribution in [2.45, 2.75) is 5.92 Å². The van der Waals surface area contributed by atoms with Crippen LogP contribution in [0.3, 0.4) is 0 Å². The molecule has 0 aromatic heterocycles. The van der Waals surface area contributed by atoms with Gasteiger partial charge in [-0.25, -0.2) is 9.18 Å². The van der Waals surface area contributed by atoms with Gasteiger partial charge in [-0.05, 0) is 0 Å². The van der Waals surface area contributed by atoms with Gasteiger partial charge in [0.05, 0.1) is 7.11 Å². The molecule has 2 nitrogen and oxygen atoms in total. The van der Waals surface area contributed by atoms with Gasteiger partial charge in [0, 0.05) is 0 Å². The van der Waals surface area contributed by atoms with Gasteiger partial charge >= 0.3 is 11.9 Å². The minimum Gasteiger partial charge on any atom is -0.466 e. The average molecular weight is 168 g/mol. The maximum absolute atomic E-state index is 12.2. The molecule has 0 heterocycles. The van der Waals surface area contributed by atoms with Gasteiger partial charge in [-0.2, -0.15) is 8.78 Å². The smallest absolute Gasteiger partial charge is 0.339 e. The summed E-state index contributed by atoms with van der Waals surface area (Å²) in [4.78, 5) is 10.3. The lowest BCUT2D eigenvalue weighted by molar-refractivity contribution is -0.140. The fourth-order valence-corrected chi connectivity index (χ4v) is 0.353. The maximum atomic E-state index is 12.2. The van der Waals surface area contributed by atoms with Crippen LogP contribution in [-0.4, -0.2) is 25.7 Å². The molecule has 0 rings (SSSR count). The van der Waals surface area contributed by atoms with Crippen LogP contribution in [0.4, 0.5) is 13.2 Å². The summed E-state index contributed by atoms with van der Waals surface area (Å²) in [5, 5.41) is 0. The van der Waals surface area contributed by atoms with Gasteiger partial charge in [-0.3, -0.25) is 0 Å². The molecular weight excluding hydrogens is 161 g/mol. The molecule has 0 aromatic carbocycles. The van der Waals surface area contributed by atoms with E-state index in [1.807, 2.05) is 0 Å². The first kappa shape index (κ1) is 10.0. The zero-order chi connectivity index (χ0) is 9.07. The summed E-state index contributed by atoms with van der Waals surface area (Å²) in [7, 11) is 0.918. The maximum Gasteiger partial charge on any atom is 0.339 e. The van der Waals surface area contributed by atoms with Crippen molar-refractivity contribution in [2.24, 2.45) is 0 Å². The van der Waals surface area contributed by atoms with E-state index in [2.05, 4.69) is 11.3 Å². The number of alkyl halides is 3. The van der Waals surface area contributed by atoms with Crippen molar-refractivity contribution >= 4 is 5.97 Å². The van der Waals surface area contributed by atoms with Crippen molar-refractivity contribution in [2.75, 3.05) is 13.8 Å². The SMILES string of the molecule is C=C(C(=O)OC)C(F)(F)CF. The second kappa shape index (κ2) is 3.41. The lowest BCUT2D eigenvalue weighted by Gasteiger charge is -2.12. The summed E-state index contributed by atoms with van der Waals surface area (Å²) in [5.41, 5.74) is -1.16. The number of hydrogen-bond acceptors (Lipinski definition) is 2. The highest BCUT2D eigenvalue weighted by Gasteiger charge is 2.37. The third-order valence-electron chi connectivity index (χ3n) is 1.04. The van der Waals surface area contributed by atoms with E-state index in [0.717, 1.165) is 7.11 Å². The van der Waals surface area contributed by atoms with Crippen molar-refractivity contribution in [3.8, 4) is 0 Å². The predicted molar refractivity (Wildman–Crippen MR) is 32.1 cm³/mol. The van der Waals surface area contributed by atoms with Gasteiger partial charge in [0.2, 0.25) is 0 Å². The third-order valence-corrected chi connectivity index (χ3v) is 1.04. The molecular formula is C6H7F3O2. The van der Waals surface area contributed by atoms with E-state index in [9.17, 15) is 18.0 Å². The van der Waals surface area contributed by atoms with E-state index >= 15 is 0 Å². The minimum absolute atomic E-state index is 0.918. The first-order valence-electron chi connectivity index (χ1n) is 2.67. The number of halogens is 3. The number of ether oxygens (including phenoxy) is 1. The Morgan fingerprint density at radius 2 is 2.09 bits per heavy atom. The largest absolute Gasteiger partial charge is 0.466 e. The monoisotopic (exact) mass is 168 g/mol. The van der Waals surface area contributed by atoms with Crippen LogP contribution in [0, 0.1) is 0 Å². The molecule has 64 valence electrons. The second-order valence-electron chi connectivity index (χ2n) is 1.81. The summed E-state index contributed by atoms with van der Waals surface area (Å²) in [6.45, 7) is 0.760. The van der Waals surface area contributed by atoms with E-state index in [0.29, 0.717) is 0 Å². The minimum atomic E-state index is -3.81. The van der Waals surface area contributed by atoms with Crippen molar-refractivity contribution in [1.29, 1.82) is 0 Å². The van der Waals surface area contributed by atoms with Crippen molar-refractivity contribution < 1.29 is 22.7 Å². The highest BCUT2D eigenvalue weighted by Crippen LogP contribution is 2.23. The molecule has 0 fully saturated rings. The molecule has 11 heavy (non-hydrogen) atoms. The normalized spacial score (nSPS) is 10.9. The number of esters is 1. The van der Waals surface area contributed by atoms with Crippen LogP contribution in [0.15, 0.2) is 12.2 Å². The summed E-state index contributed by atoms with van der Waals surface area (Å²) in [6, 6.07) is 0. The molecule has 0 aromatic rings. The standard InChI is InChI=1S/C6H7F3O2/c1-4(5(10)11-2)6(8,9)3-7/h1,3H2,2H3. The first-order valence-corrected chi connectivity index (χ1v) is 2.67. The molecule has 0 aliphatic heterocycles. The van der Waals surface area contributed by atoms with Crippen LogP contribution < -0.4 is 0 Å². The number of methoxy groups -OCH3 is 1. The van der Waals surface area contributed by atoms with Gasteiger partial charge in [0.1, 0.15) is 5.57 Å². The Labute approximate surface area is 61.6 Å². The molecule has 0 unspecified atom stereocenters. The van der Waals surface area contributed by atoms with E-state index in [1.165, 1.54) is 0 Å². The lowest BCUT2D eigenvalue weighted by Crippen LogP contribution is -2.27. The highest BCUT2D eigenvalue weighted by molar-refractivity contribution is 5.89. The quantitative estimate of drug-likeness (QED) is 0.469. The Morgan fingerprint density at radius 1 is 1.64 bits per heavy atom. The van der Waals surface area contributed by atoms with Crippen molar-refractivity contribution in [1.82, 2.24) is 0 Å². The Balaban J connectivity index is 4.36. The first-order chi connectivity index (χ1) is 4.95. The zero-order valence-corrected chi connectivity index (χ0v) is 5.86. The van der Waals surface area contributed by atoms with E-state index in [1.54, 1.807) is 0 Å². The van der Waals surface area contributed by atoms with Gasteiger partial charge < -0.3 is 4.74 Å². The lowest BCUT2D eigenvalue weighted by atomic mass is 10.2. The van der Waals surface area contributed by atoms with E-state index in [4.69, 9.17) is 0 Å². The van der Waals surface area contributed by atoms with Gasteiger partial charge in [-0.15, -0.1) is 0 Å². The number of carbonyl (C=O) groups is 1. The van der Waals surface area contributed by atoms with Crippen LogP contribution in [0.25, 0.3) is 0 Å². The number of carbonyl (C=O) groups excluding carboxylic acids is 1. The molecule has 0 bridgehead atoms. The van der Waals surface area contributed by atoms with Crippen LogP contribution in [0.2, 0.25) is 0 Å². The summed E-state index contributed by atoms with van der Waals surface area (Å²) < 4.78 is 39.8. The average Bonchev–Trinajstić information content (AvgIpc) is 2.01. The van der Waals surface area contributed by atoms with Gasteiger partial charge in [-0.1, -0.05) is 6.58 Å². The Bertz CT molecular complexity index is 177. The Kier molecular flexibility index (Phi) is 3.10. The number of rotatable bonds is 3. The molecule has 0 atom stereocenters. The topological polar surface area (TPSA) is 26.3 Å². The van der Waals surface area contributed by atoms with E-state index in [-0.39, 0.29) is 0 Å².